The summed E-state index contributed by atoms with van der Waals surface area (Å²) in [7, 11) is 0. The first-order chi connectivity index (χ1) is 14.1. The molecule has 10 heteroatoms. The van der Waals surface area contributed by atoms with E-state index in [1.807, 2.05) is 20.8 Å². The van der Waals surface area contributed by atoms with Crippen LogP contribution < -0.4 is 10.1 Å². The number of hydrogen-bond donors (Lipinski definition) is 1. The Labute approximate surface area is 172 Å². The molecule has 0 saturated carbocycles. The molecule has 1 fully saturated rings. The van der Waals surface area contributed by atoms with E-state index in [2.05, 4.69) is 15.3 Å². The molecule has 0 spiro atoms. The molecule has 2 aromatic rings. The molecule has 1 amide bonds. The third-order valence-electron chi connectivity index (χ3n) is 4.30. The zero-order valence-corrected chi connectivity index (χ0v) is 16.9. The number of anilines is 2. The number of piperidine rings is 1. The number of amides is 1. The quantitative estimate of drug-likeness (QED) is 0.733. The molecule has 1 aromatic carbocycles. The second-order valence-electron chi connectivity index (χ2n) is 7.90. The molecule has 162 valence electrons. The SMILES string of the molecule is CC(C)(C)OC(=O)N1CCC(Oc2cc(Nc3cc(F)c(F)cc3F)ncn2)CC1. The highest BCUT2D eigenvalue weighted by molar-refractivity contribution is 5.68. The Balaban J connectivity index is 1.58. The van der Waals surface area contributed by atoms with E-state index in [9.17, 15) is 18.0 Å². The minimum Gasteiger partial charge on any atom is -0.474 e. The van der Waals surface area contributed by atoms with Crippen LogP contribution in [-0.2, 0) is 4.74 Å². The predicted octanol–water partition coefficient (Wildman–Crippen LogP) is 4.42. The van der Waals surface area contributed by atoms with Crippen LogP contribution in [0.25, 0.3) is 0 Å². The van der Waals surface area contributed by atoms with Gasteiger partial charge in [0.2, 0.25) is 5.88 Å². The number of carbonyl (C=O) groups is 1. The Bertz CT molecular complexity index is 913. The lowest BCUT2D eigenvalue weighted by molar-refractivity contribution is 0.0123. The smallest absolute Gasteiger partial charge is 0.410 e. The number of carbonyl (C=O) groups excluding carboxylic acids is 1. The van der Waals surface area contributed by atoms with Gasteiger partial charge in [-0.05, 0) is 20.8 Å². The Morgan fingerprint density at radius 3 is 2.40 bits per heavy atom. The summed E-state index contributed by atoms with van der Waals surface area (Å²) in [5.41, 5.74) is -0.814. The molecule has 30 heavy (non-hydrogen) atoms. The highest BCUT2D eigenvalue weighted by Crippen LogP contribution is 2.24. The fraction of sp³-hybridized carbons (Fsp3) is 0.450. The minimum atomic E-state index is -1.28. The van der Waals surface area contributed by atoms with Crippen LogP contribution in [0, 0.1) is 17.5 Å². The van der Waals surface area contributed by atoms with E-state index in [-0.39, 0.29) is 29.6 Å². The Hall–Kier alpha value is -3.04. The Morgan fingerprint density at radius 1 is 1.07 bits per heavy atom. The summed E-state index contributed by atoms with van der Waals surface area (Å²) in [5.74, 6) is -3.00. The second-order valence-corrected chi connectivity index (χ2v) is 7.90. The van der Waals surface area contributed by atoms with Gasteiger partial charge in [0.25, 0.3) is 0 Å². The first-order valence-corrected chi connectivity index (χ1v) is 9.49. The molecule has 7 nitrogen and oxygen atoms in total. The van der Waals surface area contributed by atoms with Crippen LogP contribution in [0.3, 0.4) is 0 Å². The van der Waals surface area contributed by atoms with Gasteiger partial charge in [-0.15, -0.1) is 0 Å². The van der Waals surface area contributed by atoms with Crippen LogP contribution in [0.4, 0.5) is 29.5 Å². The van der Waals surface area contributed by atoms with Gasteiger partial charge in [-0.1, -0.05) is 0 Å². The van der Waals surface area contributed by atoms with Crippen LogP contribution in [0.5, 0.6) is 5.88 Å². The van der Waals surface area contributed by atoms with Crippen LogP contribution in [0.1, 0.15) is 33.6 Å². The highest BCUT2D eigenvalue weighted by atomic mass is 19.2. The van der Waals surface area contributed by atoms with Gasteiger partial charge in [0.05, 0.1) is 5.69 Å². The molecule has 1 aliphatic heterocycles. The average molecular weight is 424 g/mol. The third kappa shape index (κ3) is 5.74. The van der Waals surface area contributed by atoms with Crippen molar-refractivity contribution in [1.82, 2.24) is 14.9 Å². The summed E-state index contributed by atoms with van der Waals surface area (Å²) in [6.07, 6.45) is 1.85. The van der Waals surface area contributed by atoms with E-state index >= 15 is 0 Å². The molecule has 2 heterocycles. The lowest BCUT2D eigenvalue weighted by atomic mass is 10.1. The topological polar surface area (TPSA) is 76.6 Å². The van der Waals surface area contributed by atoms with E-state index in [0.717, 1.165) is 0 Å². The van der Waals surface area contributed by atoms with Gasteiger partial charge in [0.1, 0.15) is 29.7 Å². The number of halogens is 3. The molecule has 1 saturated heterocycles. The number of hydrogen-bond acceptors (Lipinski definition) is 6. The Morgan fingerprint density at radius 2 is 1.73 bits per heavy atom. The van der Waals surface area contributed by atoms with Gasteiger partial charge in [-0.2, -0.15) is 0 Å². The molecule has 3 rings (SSSR count). The maximum atomic E-state index is 13.8. The number of nitrogens with one attached hydrogen (secondary N) is 1. The number of nitrogens with zero attached hydrogens (tertiary/aromatic N) is 3. The maximum Gasteiger partial charge on any atom is 0.410 e. The largest absolute Gasteiger partial charge is 0.474 e. The molecule has 0 atom stereocenters. The monoisotopic (exact) mass is 424 g/mol. The van der Waals surface area contributed by atoms with E-state index in [1.165, 1.54) is 12.4 Å². The van der Waals surface area contributed by atoms with Crippen molar-refractivity contribution >= 4 is 17.6 Å². The predicted molar refractivity (Wildman–Crippen MR) is 103 cm³/mol. The Kier molecular flexibility index (Phi) is 6.33. The first-order valence-electron chi connectivity index (χ1n) is 9.49. The van der Waals surface area contributed by atoms with Gasteiger partial charge in [-0.25, -0.2) is 27.9 Å². The second kappa shape index (κ2) is 8.76. The van der Waals surface area contributed by atoms with Crippen molar-refractivity contribution < 1.29 is 27.4 Å². The fourth-order valence-corrected chi connectivity index (χ4v) is 2.88. The number of ether oxygens (including phenoxy) is 2. The molecular formula is C20H23F3N4O3. The van der Waals surface area contributed by atoms with E-state index in [0.29, 0.717) is 38.1 Å². The molecule has 0 radical (unpaired) electrons. The lowest BCUT2D eigenvalue weighted by Gasteiger charge is -2.33. The van der Waals surface area contributed by atoms with Crippen molar-refractivity contribution in [2.45, 2.75) is 45.3 Å². The van der Waals surface area contributed by atoms with Crippen molar-refractivity contribution in [3.63, 3.8) is 0 Å². The molecule has 1 aromatic heterocycles. The van der Waals surface area contributed by atoms with E-state index < -0.39 is 23.1 Å². The summed E-state index contributed by atoms with van der Waals surface area (Å²) in [6.45, 7) is 6.40. The maximum absolute atomic E-state index is 13.8. The number of likely N-dealkylation sites (tertiary alicyclic amines) is 1. The van der Waals surface area contributed by atoms with Crippen molar-refractivity contribution in [1.29, 1.82) is 0 Å². The molecule has 1 N–H and O–H groups in total. The fourth-order valence-electron chi connectivity index (χ4n) is 2.88. The highest BCUT2D eigenvalue weighted by Gasteiger charge is 2.27. The van der Waals surface area contributed by atoms with Crippen LogP contribution in [0.15, 0.2) is 24.5 Å². The summed E-state index contributed by atoms with van der Waals surface area (Å²) >= 11 is 0. The summed E-state index contributed by atoms with van der Waals surface area (Å²) in [5, 5.41) is 2.58. The van der Waals surface area contributed by atoms with Crippen molar-refractivity contribution in [3.05, 3.63) is 42.0 Å². The molecular weight excluding hydrogens is 401 g/mol. The molecule has 1 aliphatic rings. The van der Waals surface area contributed by atoms with Crippen molar-refractivity contribution in [2.75, 3.05) is 18.4 Å². The number of rotatable bonds is 4. The number of aromatic nitrogens is 2. The normalized spacial score (nSPS) is 15.1. The molecule has 0 unspecified atom stereocenters. The van der Waals surface area contributed by atoms with Gasteiger partial charge in [-0.3, -0.25) is 0 Å². The molecule has 0 bridgehead atoms. The van der Waals surface area contributed by atoms with Crippen molar-refractivity contribution in [2.24, 2.45) is 0 Å². The standard InChI is InChI=1S/C20H23F3N4O3/c1-20(2,3)30-19(28)27-6-4-12(5-7-27)29-18-10-17(24-11-25-18)26-16-9-14(22)13(21)8-15(16)23/h8-12H,4-7H2,1-3H3,(H,24,25,26). The van der Waals surface area contributed by atoms with Gasteiger partial charge < -0.3 is 19.7 Å². The minimum absolute atomic E-state index is 0.163. The number of benzene rings is 1. The van der Waals surface area contributed by atoms with Gasteiger partial charge in [0, 0.05) is 44.1 Å². The van der Waals surface area contributed by atoms with E-state index in [4.69, 9.17) is 9.47 Å². The zero-order chi connectivity index (χ0) is 21.9. The summed E-state index contributed by atoms with van der Waals surface area (Å²) < 4.78 is 51.4. The summed E-state index contributed by atoms with van der Waals surface area (Å²) in [4.78, 5) is 21.7. The van der Waals surface area contributed by atoms with Crippen LogP contribution in [0.2, 0.25) is 0 Å². The van der Waals surface area contributed by atoms with Crippen LogP contribution in [-0.4, -0.2) is 45.8 Å². The first kappa shape index (κ1) is 21.7. The van der Waals surface area contributed by atoms with Gasteiger partial charge >= 0.3 is 6.09 Å². The van der Waals surface area contributed by atoms with Gasteiger partial charge in [0.15, 0.2) is 11.6 Å². The summed E-state index contributed by atoms with van der Waals surface area (Å²) in [6, 6.07) is 2.59. The van der Waals surface area contributed by atoms with Crippen LogP contribution >= 0.6 is 0 Å². The van der Waals surface area contributed by atoms with E-state index in [1.54, 1.807) is 4.90 Å². The zero-order valence-electron chi connectivity index (χ0n) is 16.9. The third-order valence-corrected chi connectivity index (χ3v) is 4.30. The average Bonchev–Trinajstić information content (AvgIpc) is 2.66. The van der Waals surface area contributed by atoms with Crippen molar-refractivity contribution in [3.8, 4) is 5.88 Å². The molecule has 0 aliphatic carbocycles. The lowest BCUT2D eigenvalue weighted by Crippen LogP contribution is -2.44.